The number of hydrogen-bond acceptors (Lipinski definition) is 6. The molecule has 0 saturated carbocycles. The second-order valence-electron chi connectivity index (χ2n) is 6.81. The van der Waals surface area contributed by atoms with Crippen molar-refractivity contribution in [3.8, 4) is 22.8 Å². The van der Waals surface area contributed by atoms with Crippen molar-refractivity contribution in [1.82, 2.24) is 15.1 Å². The van der Waals surface area contributed by atoms with Crippen molar-refractivity contribution in [2.45, 2.75) is 25.8 Å². The lowest BCUT2D eigenvalue weighted by molar-refractivity contribution is -0.274. The van der Waals surface area contributed by atoms with E-state index in [2.05, 4.69) is 19.9 Å². The summed E-state index contributed by atoms with van der Waals surface area (Å²) in [6.07, 6.45) is -3.56. The Morgan fingerprint density at radius 3 is 2.34 bits per heavy atom. The van der Waals surface area contributed by atoms with Crippen molar-refractivity contribution in [2.75, 3.05) is 0 Å². The maximum absolute atomic E-state index is 13.4. The number of nitrogens with zero attached hydrogens (tertiary/aromatic N) is 3. The molecule has 4 rings (SSSR count). The first kappa shape index (κ1) is 21.5. The Morgan fingerprint density at radius 1 is 0.938 bits per heavy atom. The monoisotopic (exact) mass is 451 g/mol. The van der Waals surface area contributed by atoms with Gasteiger partial charge >= 0.3 is 6.36 Å². The van der Waals surface area contributed by atoms with Crippen LogP contribution in [0, 0.1) is 0 Å². The highest BCUT2D eigenvalue weighted by Gasteiger charge is 2.31. The molecule has 2 heterocycles. The quantitative estimate of drug-likeness (QED) is 0.341. The van der Waals surface area contributed by atoms with Crippen molar-refractivity contribution in [2.24, 2.45) is 0 Å². The number of hydrogen-bond donors (Lipinski definition) is 0. The van der Waals surface area contributed by atoms with Crippen molar-refractivity contribution in [1.29, 1.82) is 0 Å². The summed E-state index contributed by atoms with van der Waals surface area (Å²) in [5.41, 5.74) is 1.25. The summed E-state index contributed by atoms with van der Waals surface area (Å²) in [6, 6.07) is 11.5. The first-order chi connectivity index (χ1) is 15.1. The first-order valence-corrected chi connectivity index (χ1v) is 9.17. The van der Waals surface area contributed by atoms with E-state index in [1.54, 1.807) is 18.2 Å². The number of alkyl halides is 5. The number of fused-ring (bicyclic) bond motifs is 1. The van der Waals surface area contributed by atoms with Gasteiger partial charge in [0, 0.05) is 13.1 Å². The maximum atomic E-state index is 13.4. The Bertz CT molecular complexity index is 1230. The molecule has 0 fully saturated rings. The fraction of sp³-hybridized carbons (Fsp3) is 0.190. The van der Waals surface area contributed by atoms with Crippen molar-refractivity contribution in [3.63, 3.8) is 0 Å². The molecule has 0 amide bonds. The number of rotatable bonds is 6. The Hall–Kier alpha value is -3.76. The number of ether oxygens (including phenoxy) is 2. The molecule has 0 aliphatic carbocycles. The van der Waals surface area contributed by atoms with E-state index < -0.39 is 18.0 Å². The molecule has 0 aliphatic rings. The lowest BCUT2D eigenvalue weighted by Gasteiger charge is -2.10. The van der Waals surface area contributed by atoms with E-state index in [0.717, 1.165) is 13.0 Å². The lowest BCUT2D eigenvalue weighted by Crippen LogP contribution is -2.16. The van der Waals surface area contributed by atoms with Gasteiger partial charge in [0.15, 0.2) is 11.4 Å². The molecule has 0 spiro atoms. The Kier molecular flexibility index (Phi) is 5.41. The van der Waals surface area contributed by atoms with Crippen LogP contribution in [0.5, 0.6) is 11.6 Å². The minimum Gasteiger partial charge on any atom is -0.467 e. The third kappa shape index (κ3) is 4.93. The first-order valence-electron chi connectivity index (χ1n) is 9.17. The molecule has 0 bridgehead atoms. The Balaban J connectivity index is 1.54. The van der Waals surface area contributed by atoms with E-state index in [0.29, 0.717) is 22.1 Å². The summed E-state index contributed by atoms with van der Waals surface area (Å²) >= 11 is 0. The van der Waals surface area contributed by atoms with E-state index in [-0.39, 0.29) is 24.1 Å². The average Bonchev–Trinajstić information content (AvgIpc) is 3.13. The molecular weight excluding hydrogens is 437 g/mol. The zero-order valence-corrected chi connectivity index (χ0v) is 16.4. The Morgan fingerprint density at radius 2 is 1.66 bits per heavy atom. The van der Waals surface area contributed by atoms with Crippen LogP contribution >= 0.6 is 0 Å². The third-order valence-electron chi connectivity index (χ3n) is 4.35. The summed E-state index contributed by atoms with van der Waals surface area (Å²) in [5, 5.41) is 4.31. The van der Waals surface area contributed by atoms with Crippen molar-refractivity contribution in [3.05, 3.63) is 66.2 Å². The topological polar surface area (TPSA) is 70.3 Å². The smallest absolute Gasteiger partial charge is 0.467 e. The predicted molar refractivity (Wildman–Crippen MR) is 102 cm³/mol. The van der Waals surface area contributed by atoms with Gasteiger partial charge in [0.25, 0.3) is 11.8 Å². The average molecular weight is 451 g/mol. The molecule has 2 aromatic heterocycles. The summed E-state index contributed by atoms with van der Waals surface area (Å²) in [7, 11) is 0. The van der Waals surface area contributed by atoms with Crippen LogP contribution in [-0.4, -0.2) is 21.5 Å². The van der Waals surface area contributed by atoms with Crippen LogP contribution in [0.2, 0.25) is 0 Å². The molecule has 2 aromatic carbocycles. The van der Waals surface area contributed by atoms with E-state index >= 15 is 0 Å². The molecule has 4 aromatic rings. The molecule has 6 nitrogen and oxygen atoms in total. The second-order valence-corrected chi connectivity index (χ2v) is 6.81. The van der Waals surface area contributed by atoms with E-state index in [1.807, 2.05) is 0 Å². The van der Waals surface area contributed by atoms with Gasteiger partial charge in [-0.2, -0.15) is 8.78 Å². The fourth-order valence-corrected chi connectivity index (χ4v) is 2.90. The molecule has 11 heteroatoms. The van der Waals surface area contributed by atoms with Crippen LogP contribution in [0.25, 0.3) is 22.1 Å². The molecular formula is C21H14F5N3O3. The molecule has 0 radical (unpaired) electrons. The zero-order chi connectivity index (χ0) is 22.9. The SMILES string of the molecule is CC(F)(F)c1ccnc(COc2noc3ccc(-c4ccc(OC(F)(F)F)cc4)cc23)n1. The van der Waals surface area contributed by atoms with Gasteiger partial charge in [0.05, 0.1) is 5.39 Å². The van der Waals surface area contributed by atoms with Gasteiger partial charge in [0.1, 0.15) is 18.1 Å². The molecule has 0 unspecified atom stereocenters. The van der Waals surface area contributed by atoms with Gasteiger partial charge < -0.3 is 14.0 Å². The number of halogens is 5. The van der Waals surface area contributed by atoms with Crippen LogP contribution in [0.15, 0.2) is 59.3 Å². The van der Waals surface area contributed by atoms with Gasteiger partial charge in [-0.25, -0.2) is 9.97 Å². The fourth-order valence-electron chi connectivity index (χ4n) is 2.90. The number of benzene rings is 2. The van der Waals surface area contributed by atoms with Crippen molar-refractivity contribution >= 4 is 11.0 Å². The van der Waals surface area contributed by atoms with Gasteiger partial charge in [0.2, 0.25) is 0 Å². The minimum absolute atomic E-state index is 0.0385. The summed E-state index contributed by atoms with van der Waals surface area (Å²) in [6.45, 7) is 0.508. The van der Waals surface area contributed by atoms with Crippen LogP contribution in [0.3, 0.4) is 0 Å². The number of aromatic nitrogens is 3. The van der Waals surface area contributed by atoms with Crippen LogP contribution < -0.4 is 9.47 Å². The molecule has 0 N–H and O–H groups in total. The Labute approximate surface area is 177 Å². The summed E-state index contributed by atoms with van der Waals surface area (Å²) in [5.74, 6) is -3.32. The second kappa shape index (κ2) is 8.06. The van der Waals surface area contributed by atoms with E-state index in [4.69, 9.17) is 9.26 Å². The predicted octanol–water partition coefficient (Wildman–Crippen LogP) is 5.87. The minimum atomic E-state index is -4.77. The summed E-state index contributed by atoms with van der Waals surface area (Å²) < 4.78 is 78.5. The zero-order valence-electron chi connectivity index (χ0n) is 16.4. The molecule has 0 atom stereocenters. The van der Waals surface area contributed by atoms with Crippen LogP contribution in [0.4, 0.5) is 22.0 Å². The lowest BCUT2D eigenvalue weighted by atomic mass is 10.0. The largest absolute Gasteiger partial charge is 0.573 e. The highest BCUT2D eigenvalue weighted by molar-refractivity contribution is 5.87. The normalized spacial score (nSPS) is 12.2. The highest BCUT2D eigenvalue weighted by atomic mass is 19.4. The third-order valence-corrected chi connectivity index (χ3v) is 4.35. The van der Waals surface area contributed by atoms with Crippen LogP contribution in [-0.2, 0) is 12.5 Å². The van der Waals surface area contributed by atoms with E-state index in [9.17, 15) is 22.0 Å². The molecule has 0 aliphatic heterocycles. The van der Waals surface area contributed by atoms with Gasteiger partial charge in [-0.3, -0.25) is 0 Å². The standard InChI is InChI=1S/C21H14F5N3O3/c1-20(22,23)17-8-9-27-18(28-17)11-30-19-15-10-13(4-7-16(15)32-29-19)12-2-5-14(6-3-12)31-21(24,25)26/h2-10H,11H2,1H3. The van der Waals surface area contributed by atoms with Gasteiger partial charge in [-0.05, 0) is 46.6 Å². The van der Waals surface area contributed by atoms with E-state index in [1.165, 1.54) is 30.5 Å². The molecule has 166 valence electrons. The van der Waals surface area contributed by atoms with Gasteiger partial charge in [-0.1, -0.05) is 18.2 Å². The molecule has 32 heavy (non-hydrogen) atoms. The molecule has 0 saturated heterocycles. The van der Waals surface area contributed by atoms with Crippen molar-refractivity contribution < 1.29 is 35.9 Å². The van der Waals surface area contributed by atoms with Crippen LogP contribution in [0.1, 0.15) is 18.4 Å². The van der Waals surface area contributed by atoms with Gasteiger partial charge in [-0.15, -0.1) is 13.2 Å². The highest BCUT2D eigenvalue weighted by Crippen LogP contribution is 2.32. The maximum Gasteiger partial charge on any atom is 0.573 e. The summed E-state index contributed by atoms with van der Waals surface area (Å²) in [4.78, 5) is 7.70.